The molecule has 94 valence electrons. The maximum absolute atomic E-state index is 13.3. The van der Waals surface area contributed by atoms with Crippen molar-refractivity contribution in [1.29, 1.82) is 0 Å². The van der Waals surface area contributed by atoms with Gasteiger partial charge in [0.25, 0.3) is 0 Å². The number of H-pyrrole nitrogens is 1. The number of nitrogens with one attached hydrogen (secondary N) is 1. The maximum atomic E-state index is 13.3. The van der Waals surface area contributed by atoms with Gasteiger partial charge in [-0.3, -0.25) is 5.10 Å². The second-order valence-corrected chi connectivity index (χ2v) is 3.79. The molecular weight excluding hydrogens is 263 g/mol. The Hall–Kier alpha value is -2.08. The van der Waals surface area contributed by atoms with Gasteiger partial charge < -0.3 is 9.84 Å². The minimum atomic E-state index is -1.14. The van der Waals surface area contributed by atoms with E-state index >= 15 is 0 Å². The highest BCUT2D eigenvalue weighted by Crippen LogP contribution is 2.37. The maximum Gasteiger partial charge on any atom is 0.353 e. The molecule has 18 heavy (non-hydrogen) atoms. The minimum absolute atomic E-state index is 0.0764. The molecule has 0 bridgehead atoms. The third kappa shape index (κ3) is 2.02. The van der Waals surface area contributed by atoms with Crippen LogP contribution in [0.25, 0.3) is 11.3 Å². The number of benzene rings is 1. The van der Waals surface area contributed by atoms with Crippen LogP contribution in [0.4, 0.5) is 4.39 Å². The van der Waals surface area contributed by atoms with Crippen LogP contribution in [0.2, 0.25) is 5.02 Å². The van der Waals surface area contributed by atoms with Gasteiger partial charge in [-0.25, -0.2) is 9.18 Å². The molecule has 0 amide bonds. The highest BCUT2D eigenvalue weighted by molar-refractivity contribution is 6.32. The van der Waals surface area contributed by atoms with Crippen LogP contribution in [-0.4, -0.2) is 28.4 Å². The summed E-state index contributed by atoms with van der Waals surface area (Å²) in [6, 6.07) is 3.89. The van der Waals surface area contributed by atoms with E-state index in [9.17, 15) is 9.18 Å². The van der Waals surface area contributed by atoms with Gasteiger partial charge in [0, 0.05) is 5.56 Å². The predicted molar refractivity (Wildman–Crippen MR) is 62.5 cm³/mol. The minimum Gasteiger partial charge on any atom is -0.494 e. The number of methoxy groups -OCH3 is 1. The number of ether oxygens (including phenoxy) is 1. The average molecular weight is 271 g/mol. The molecule has 0 saturated heterocycles. The quantitative estimate of drug-likeness (QED) is 0.899. The monoisotopic (exact) mass is 270 g/mol. The molecule has 2 aromatic rings. The van der Waals surface area contributed by atoms with Crippen LogP contribution >= 0.6 is 11.6 Å². The van der Waals surface area contributed by atoms with Crippen LogP contribution in [0, 0.1) is 5.82 Å². The zero-order valence-corrected chi connectivity index (χ0v) is 9.95. The highest BCUT2D eigenvalue weighted by atomic mass is 35.5. The van der Waals surface area contributed by atoms with Crippen molar-refractivity contribution in [2.75, 3.05) is 7.11 Å². The van der Waals surface area contributed by atoms with Crippen molar-refractivity contribution in [2.45, 2.75) is 0 Å². The summed E-state index contributed by atoms with van der Waals surface area (Å²) >= 11 is 5.76. The first-order chi connectivity index (χ1) is 8.54. The molecule has 0 atom stereocenters. The fourth-order valence-electron chi connectivity index (χ4n) is 1.50. The van der Waals surface area contributed by atoms with Gasteiger partial charge in [0.1, 0.15) is 22.3 Å². The Bertz CT molecular complexity index is 612. The number of halogens is 2. The fraction of sp³-hybridized carbons (Fsp3) is 0.0909. The van der Waals surface area contributed by atoms with Crippen molar-refractivity contribution in [3.8, 4) is 17.0 Å². The number of carboxylic acids is 1. The third-order valence-electron chi connectivity index (χ3n) is 2.34. The molecule has 0 aliphatic carbocycles. The van der Waals surface area contributed by atoms with Gasteiger partial charge in [0.05, 0.1) is 12.8 Å². The highest BCUT2D eigenvalue weighted by Gasteiger charge is 2.17. The number of hydrogen-bond donors (Lipinski definition) is 2. The van der Waals surface area contributed by atoms with Gasteiger partial charge in [-0.15, -0.1) is 0 Å². The molecule has 2 rings (SSSR count). The molecule has 0 aliphatic heterocycles. The molecule has 7 heteroatoms. The zero-order valence-electron chi connectivity index (χ0n) is 9.20. The van der Waals surface area contributed by atoms with E-state index in [1.165, 1.54) is 19.2 Å². The van der Waals surface area contributed by atoms with Gasteiger partial charge in [-0.2, -0.15) is 5.10 Å². The first kappa shape index (κ1) is 12.4. The topological polar surface area (TPSA) is 75.2 Å². The second kappa shape index (κ2) is 4.66. The smallest absolute Gasteiger partial charge is 0.353 e. The third-order valence-corrected chi connectivity index (χ3v) is 2.69. The van der Waals surface area contributed by atoms with Gasteiger partial charge in [-0.1, -0.05) is 11.6 Å². The van der Waals surface area contributed by atoms with Gasteiger partial charge in [0.15, 0.2) is 0 Å². The van der Waals surface area contributed by atoms with Crippen LogP contribution in [-0.2, 0) is 0 Å². The summed E-state index contributed by atoms with van der Waals surface area (Å²) in [6.45, 7) is 0. The Morgan fingerprint density at radius 3 is 2.83 bits per heavy atom. The fourth-order valence-corrected chi connectivity index (χ4v) is 1.74. The van der Waals surface area contributed by atoms with Gasteiger partial charge >= 0.3 is 5.97 Å². The lowest BCUT2D eigenvalue weighted by Crippen LogP contribution is -1.95. The Morgan fingerprint density at radius 2 is 2.28 bits per heavy atom. The van der Waals surface area contributed by atoms with E-state index in [0.29, 0.717) is 11.3 Å². The lowest BCUT2D eigenvalue weighted by molar-refractivity contribution is 0.0690. The standard InChI is InChI=1S/C11H8ClFN2O3/c1-18-10-5(2-3-6(13)9(10)12)7-4-8(11(16)17)15-14-7/h2-4H,1H3,(H,14,15)(H,16,17). The average Bonchev–Trinajstić information content (AvgIpc) is 2.82. The number of aromatic amines is 1. The molecule has 1 aromatic heterocycles. The molecule has 0 unspecified atom stereocenters. The van der Waals surface area contributed by atoms with E-state index in [2.05, 4.69) is 10.2 Å². The zero-order chi connectivity index (χ0) is 13.3. The Kier molecular flexibility index (Phi) is 3.20. The number of nitrogens with zero attached hydrogens (tertiary/aromatic N) is 1. The summed E-state index contributed by atoms with van der Waals surface area (Å²) in [5.41, 5.74) is 0.645. The summed E-state index contributed by atoms with van der Waals surface area (Å²) in [6.07, 6.45) is 0. The van der Waals surface area contributed by atoms with Crippen molar-refractivity contribution >= 4 is 17.6 Å². The van der Waals surface area contributed by atoms with Crippen molar-refractivity contribution in [3.63, 3.8) is 0 Å². The van der Waals surface area contributed by atoms with Gasteiger partial charge in [-0.05, 0) is 18.2 Å². The molecule has 0 radical (unpaired) electrons. The van der Waals surface area contributed by atoms with E-state index in [4.69, 9.17) is 21.4 Å². The second-order valence-electron chi connectivity index (χ2n) is 3.41. The number of carboxylic acid groups (broad SMARTS) is 1. The number of aromatic carboxylic acids is 1. The largest absolute Gasteiger partial charge is 0.494 e. The molecule has 0 aliphatic rings. The first-order valence-electron chi connectivity index (χ1n) is 4.85. The Balaban J connectivity index is 2.56. The SMILES string of the molecule is COc1c(-c2cc(C(=O)O)[nH]n2)ccc(F)c1Cl. The molecule has 1 heterocycles. The van der Waals surface area contributed by atoms with E-state index in [0.717, 1.165) is 6.07 Å². The summed E-state index contributed by atoms with van der Waals surface area (Å²) in [5.74, 6) is -1.65. The first-order valence-corrected chi connectivity index (χ1v) is 5.23. The van der Waals surface area contributed by atoms with Crippen molar-refractivity contribution in [3.05, 3.63) is 34.7 Å². The molecule has 0 spiro atoms. The molecule has 1 aromatic carbocycles. The van der Waals surface area contributed by atoms with Crippen LogP contribution in [0.1, 0.15) is 10.5 Å². The van der Waals surface area contributed by atoms with Crippen LogP contribution in [0.15, 0.2) is 18.2 Å². The number of aromatic nitrogens is 2. The molecule has 5 nitrogen and oxygen atoms in total. The van der Waals surface area contributed by atoms with E-state index < -0.39 is 11.8 Å². The Morgan fingerprint density at radius 1 is 1.56 bits per heavy atom. The van der Waals surface area contributed by atoms with Gasteiger partial charge in [0.2, 0.25) is 0 Å². The van der Waals surface area contributed by atoms with Crippen LogP contribution in [0.5, 0.6) is 5.75 Å². The van der Waals surface area contributed by atoms with Crippen molar-refractivity contribution in [2.24, 2.45) is 0 Å². The molecule has 0 saturated carbocycles. The lowest BCUT2D eigenvalue weighted by Gasteiger charge is -2.08. The number of rotatable bonds is 3. The summed E-state index contributed by atoms with van der Waals surface area (Å²) < 4.78 is 18.3. The van der Waals surface area contributed by atoms with Crippen LogP contribution < -0.4 is 4.74 Å². The summed E-state index contributed by atoms with van der Waals surface area (Å²) in [5, 5.41) is 14.8. The summed E-state index contributed by atoms with van der Waals surface area (Å²) in [7, 11) is 1.34. The van der Waals surface area contributed by atoms with Crippen LogP contribution in [0.3, 0.4) is 0 Å². The van der Waals surface area contributed by atoms with E-state index in [1.54, 1.807) is 0 Å². The van der Waals surface area contributed by atoms with E-state index in [1.807, 2.05) is 0 Å². The Labute approximate surface area is 106 Å². The predicted octanol–water partition coefficient (Wildman–Crippen LogP) is 2.58. The summed E-state index contributed by atoms with van der Waals surface area (Å²) in [4.78, 5) is 10.7. The molecule has 0 fully saturated rings. The molecular formula is C11H8ClFN2O3. The molecule has 2 N–H and O–H groups in total. The number of carbonyl (C=O) groups is 1. The lowest BCUT2D eigenvalue weighted by atomic mass is 10.1. The van der Waals surface area contributed by atoms with Crippen molar-refractivity contribution < 1.29 is 19.0 Å². The normalized spacial score (nSPS) is 10.4. The van der Waals surface area contributed by atoms with E-state index in [-0.39, 0.29) is 16.5 Å². The number of hydrogen-bond acceptors (Lipinski definition) is 3. The van der Waals surface area contributed by atoms with Crippen molar-refractivity contribution in [1.82, 2.24) is 10.2 Å².